The highest BCUT2D eigenvalue weighted by atomic mass is 19.1. The summed E-state index contributed by atoms with van der Waals surface area (Å²) < 4.78 is 18.4. The van der Waals surface area contributed by atoms with Gasteiger partial charge in [0, 0.05) is 5.56 Å². The van der Waals surface area contributed by atoms with Crippen molar-refractivity contribution in [2.24, 2.45) is 5.92 Å². The fourth-order valence-corrected chi connectivity index (χ4v) is 2.77. The maximum atomic E-state index is 13.0. The Morgan fingerprint density at radius 3 is 2.13 bits per heavy atom. The van der Waals surface area contributed by atoms with Crippen LogP contribution in [0.15, 0.2) is 42.5 Å². The first-order valence-corrected chi connectivity index (χ1v) is 9.52. The van der Waals surface area contributed by atoms with Gasteiger partial charge in [-0.1, -0.05) is 19.9 Å². The van der Waals surface area contributed by atoms with Gasteiger partial charge < -0.3 is 10.1 Å². The number of nitrogens with one attached hydrogen (secondary N) is 3. The average molecular weight is 415 g/mol. The van der Waals surface area contributed by atoms with E-state index in [4.69, 9.17) is 4.74 Å². The number of hydrogen-bond donors (Lipinski definition) is 3. The standard InChI is InChI=1S/C22H26FN3O4/c1-13(2)20(24-21(28)16-5-7-17(23)8-6-16)22(29)26-25-19(27)12-30-18-10-14(3)9-15(4)11-18/h5-11,13,20H,12H2,1-4H3,(H,24,28)(H,25,27)(H,26,29)/t20-/m0/s1. The van der Waals surface area contributed by atoms with Gasteiger partial charge in [-0.25, -0.2) is 4.39 Å². The van der Waals surface area contributed by atoms with Crippen LogP contribution in [0.2, 0.25) is 0 Å². The Hall–Kier alpha value is -3.42. The molecule has 0 unspecified atom stereocenters. The third-order valence-electron chi connectivity index (χ3n) is 4.23. The summed E-state index contributed by atoms with van der Waals surface area (Å²) in [4.78, 5) is 36.7. The summed E-state index contributed by atoms with van der Waals surface area (Å²) in [6, 6.07) is 9.67. The van der Waals surface area contributed by atoms with Crippen molar-refractivity contribution in [2.45, 2.75) is 33.7 Å². The number of carbonyl (C=O) groups excluding carboxylic acids is 3. The molecule has 7 nitrogen and oxygen atoms in total. The van der Waals surface area contributed by atoms with Crippen LogP contribution in [0, 0.1) is 25.6 Å². The van der Waals surface area contributed by atoms with Crippen molar-refractivity contribution in [1.82, 2.24) is 16.2 Å². The number of amides is 3. The highest BCUT2D eigenvalue weighted by Crippen LogP contribution is 2.15. The van der Waals surface area contributed by atoms with Gasteiger partial charge in [-0.05, 0) is 67.3 Å². The number of benzene rings is 2. The van der Waals surface area contributed by atoms with E-state index in [-0.39, 0.29) is 18.1 Å². The second kappa shape index (κ2) is 10.4. The molecule has 0 aromatic heterocycles. The monoisotopic (exact) mass is 415 g/mol. The molecule has 1 atom stereocenters. The largest absolute Gasteiger partial charge is 0.484 e. The zero-order valence-electron chi connectivity index (χ0n) is 17.4. The topological polar surface area (TPSA) is 96.5 Å². The van der Waals surface area contributed by atoms with Crippen LogP contribution in [-0.2, 0) is 9.59 Å². The van der Waals surface area contributed by atoms with E-state index in [2.05, 4.69) is 16.2 Å². The van der Waals surface area contributed by atoms with Gasteiger partial charge in [0.1, 0.15) is 17.6 Å². The Bertz CT molecular complexity index is 893. The van der Waals surface area contributed by atoms with Gasteiger partial charge >= 0.3 is 0 Å². The molecule has 0 spiro atoms. The van der Waals surface area contributed by atoms with Crippen molar-refractivity contribution in [3.63, 3.8) is 0 Å². The smallest absolute Gasteiger partial charge is 0.276 e. The maximum absolute atomic E-state index is 13.0. The van der Waals surface area contributed by atoms with Crippen LogP contribution in [0.25, 0.3) is 0 Å². The van der Waals surface area contributed by atoms with E-state index < -0.39 is 29.6 Å². The van der Waals surface area contributed by atoms with Crippen molar-refractivity contribution >= 4 is 17.7 Å². The molecule has 0 aliphatic heterocycles. The number of carbonyl (C=O) groups is 3. The lowest BCUT2D eigenvalue weighted by Gasteiger charge is -2.22. The molecule has 8 heteroatoms. The average Bonchev–Trinajstić information content (AvgIpc) is 2.68. The van der Waals surface area contributed by atoms with Gasteiger partial charge in [0.15, 0.2) is 6.61 Å². The highest BCUT2D eigenvalue weighted by Gasteiger charge is 2.25. The quantitative estimate of drug-likeness (QED) is 0.605. The predicted molar refractivity (Wildman–Crippen MR) is 110 cm³/mol. The van der Waals surface area contributed by atoms with E-state index in [1.807, 2.05) is 19.9 Å². The minimum Gasteiger partial charge on any atom is -0.484 e. The number of hydrogen-bond acceptors (Lipinski definition) is 4. The van der Waals surface area contributed by atoms with E-state index >= 15 is 0 Å². The first-order chi connectivity index (χ1) is 14.2. The number of aryl methyl sites for hydroxylation is 2. The second-order valence-corrected chi connectivity index (χ2v) is 7.35. The van der Waals surface area contributed by atoms with Gasteiger partial charge in [0.2, 0.25) is 0 Å². The third-order valence-corrected chi connectivity index (χ3v) is 4.23. The Balaban J connectivity index is 1.87. The van der Waals surface area contributed by atoms with Crippen LogP contribution in [0.1, 0.15) is 35.3 Å². The molecular formula is C22H26FN3O4. The number of hydrazine groups is 1. The van der Waals surface area contributed by atoms with Crippen molar-refractivity contribution in [1.29, 1.82) is 0 Å². The van der Waals surface area contributed by atoms with Crippen LogP contribution in [-0.4, -0.2) is 30.4 Å². The SMILES string of the molecule is Cc1cc(C)cc(OCC(=O)NNC(=O)[C@@H](NC(=O)c2ccc(F)cc2)C(C)C)c1. The van der Waals surface area contributed by atoms with E-state index in [0.29, 0.717) is 5.75 Å². The molecule has 2 rings (SSSR count). The van der Waals surface area contributed by atoms with Gasteiger partial charge in [0.05, 0.1) is 0 Å². The summed E-state index contributed by atoms with van der Waals surface area (Å²) in [6.45, 7) is 7.07. The Morgan fingerprint density at radius 2 is 1.57 bits per heavy atom. The summed E-state index contributed by atoms with van der Waals surface area (Å²) in [5.74, 6) is -1.81. The van der Waals surface area contributed by atoms with Crippen LogP contribution < -0.4 is 20.9 Å². The van der Waals surface area contributed by atoms with E-state index in [1.54, 1.807) is 26.0 Å². The first-order valence-electron chi connectivity index (χ1n) is 9.52. The molecule has 3 N–H and O–H groups in total. The molecule has 0 saturated carbocycles. The molecular weight excluding hydrogens is 389 g/mol. The molecule has 0 saturated heterocycles. The molecule has 0 aliphatic carbocycles. The molecule has 30 heavy (non-hydrogen) atoms. The Kier molecular flexibility index (Phi) is 7.91. The van der Waals surface area contributed by atoms with Gasteiger partial charge in [-0.15, -0.1) is 0 Å². The van der Waals surface area contributed by atoms with E-state index in [1.165, 1.54) is 12.1 Å². The van der Waals surface area contributed by atoms with Gasteiger partial charge in [-0.3, -0.25) is 25.2 Å². The first kappa shape index (κ1) is 22.9. The molecule has 0 heterocycles. The van der Waals surface area contributed by atoms with E-state index in [9.17, 15) is 18.8 Å². The van der Waals surface area contributed by atoms with Crippen LogP contribution in [0.5, 0.6) is 5.75 Å². The Morgan fingerprint density at radius 1 is 0.967 bits per heavy atom. The molecule has 0 radical (unpaired) electrons. The minimum absolute atomic E-state index is 0.223. The third kappa shape index (κ3) is 6.88. The molecule has 2 aromatic rings. The maximum Gasteiger partial charge on any atom is 0.276 e. The summed E-state index contributed by atoms with van der Waals surface area (Å²) in [6.07, 6.45) is 0. The molecule has 0 aliphatic rings. The van der Waals surface area contributed by atoms with Gasteiger partial charge in [-0.2, -0.15) is 0 Å². The van der Waals surface area contributed by atoms with Gasteiger partial charge in [0.25, 0.3) is 17.7 Å². The molecule has 2 aromatic carbocycles. The Labute approximate surface area is 175 Å². The summed E-state index contributed by atoms with van der Waals surface area (Å²) >= 11 is 0. The van der Waals surface area contributed by atoms with E-state index in [0.717, 1.165) is 23.3 Å². The number of halogens is 1. The van der Waals surface area contributed by atoms with Crippen LogP contribution >= 0.6 is 0 Å². The van der Waals surface area contributed by atoms with Crippen LogP contribution in [0.3, 0.4) is 0 Å². The minimum atomic E-state index is -0.900. The molecule has 0 fully saturated rings. The number of rotatable bonds is 7. The number of ether oxygens (including phenoxy) is 1. The second-order valence-electron chi connectivity index (χ2n) is 7.35. The summed E-state index contributed by atoms with van der Waals surface area (Å²) in [7, 11) is 0. The molecule has 3 amide bonds. The lowest BCUT2D eigenvalue weighted by atomic mass is 10.0. The zero-order valence-corrected chi connectivity index (χ0v) is 17.4. The fourth-order valence-electron chi connectivity index (χ4n) is 2.77. The molecule has 0 bridgehead atoms. The van der Waals surface area contributed by atoms with Crippen molar-refractivity contribution in [3.05, 3.63) is 65.0 Å². The summed E-state index contributed by atoms with van der Waals surface area (Å²) in [5, 5.41) is 2.59. The lowest BCUT2D eigenvalue weighted by Crippen LogP contribution is -2.55. The highest BCUT2D eigenvalue weighted by molar-refractivity contribution is 5.97. The lowest BCUT2D eigenvalue weighted by molar-refractivity contribution is -0.131. The summed E-state index contributed by atoms with van der Waals surface area (Å²) in [5.41, 5.74) is 6.81. The predicted octanol–water partition coefficient (Wildman–Crippen LogP) is 2.42. The zero-order chi connectivity index (χ0) is 22.3. The van der Waals surface area contributed by atoms with Crippen molar-refractivity contribution in [3.8, 4) is 5.75 Å². The van der Waals surface area contributed by atoms with Crippen molar-refractivity contribution < 1.29 is 23.5 Å². The fraction of sp³-hybridized carbons (Fsp3) is 0.318. The normalized spacial score (nSPS) is 11.5. The van der Waals surface area contributed by atoms with Crippen LogP contribution in [0.4, 0.5) is 4.39 Å². The van der Waals surface area contributed by atoms with Crippen molar-refractivity contribution in [2.75, 3.05) is 6.61 Å². The molecule has 160 valence electrons.